The molecule has 1 amide bonds. The molecule has 0 bridgehead atoms. The molecule has 3 heterocycles. The van der Waals surface area contributed by atoms with Crippen molar-refractivity contribution in [1.82, 2.24) is 19.5 Å². The predicted octanol–water partition coefficient (Wildman–Crippen LogP) is 3.49. The summed E-state index contributed by atoms with van der Waals surface area (Å²) < 4.78 is 6.92. The van der Waals surface area contributed by atoms with Crippen molar-refractivity contribution < 1.29 is 9.53 Å². The largest absolute Gasteiger partial charge is 0.497 e. The molecule has 1 saturated heterocycles. The van der Waals surface area contributed by atoms with Crippen LogP contribution in [0, 0.1) is 0 Å². The number of fused-ring (bicyclic) bond motifs is 1. The van der Waals surface area contributed by atoms with E-state index in [1.54, 1.807) is 23.8 Å². The lowest BCUT2D eigenvalue weighted by Gasteiger charge is -2.36. The lowest BCUT2D eigenvalue weighted by molar-refractivity contribution is -0.128. The number of methoxy groups -OCH3 is 1. The van der Waals surface area contributed by atoms with Crippen LogP contribution in [0.25, 0.3) is 5.65 Å². The Kier molecular flexibility index (Phi) is 6.03. The highest BCUT2D eigenvalue weighted by molar-refractivity contribution is 7.99. The number of pyridine rings is 1. The first kappa shape index (κ1) is 20.1. The number of nitrogens with zero attached hydrogens (tertiary/aromatic N) is 5. The monoisotopic (exact) mass is 451 g/mol. The number of carbonyl (C=O) groups excluding carboxylic acids is 1. The third-order valence-corrected chi connectivity index (χ3v) is 6.20. The molecule has 0 atom stereocenters. The second-order valence-electron chi connectivity index (χ2n) is 6.54. The Morgan fingerprint density at radius 1 is 1.14 bits per heavy atom. The molecule has 0 spiro atoms. The van der Waals surface area contributed by atoms with Gasteiger partial charge in [0.25, 0.3) is 0 Å². The quantitative estimate of drug-likeness (QED) is 0.553. The first-order chi connectivity index (χ1) is 14.0. The van der Waals surface area contributed by atoms with Crippen molar-refractivity contribution >= 4 is 52.2 Å². The van der Waals surface area contributed by atoms with Crippen molar-refractivity contribution in [1.29, 1.82) is 0 Å². The minimum atomic E-state index is 0.0780. The van der Waals surface area contributed by atoms with Gasteiger partial charge in [0, 0.05) is 38.1 Å². The normalized spacial score (nSPS) is 14.4. The van der Waals surface area contributed by atoms with Gasteiger partial charge in [-0.1, -0.05) is 35.0 Å². The Morgan fingerprint density at radius 2 is 1.86 bits per heavy atom. The summed E-state index contributed by atoms with van der Waals surface area (Å²) >= 11 is 13.5. The number of halogens is 2. The van der Waals surface area contributed by atoms with Gasteiger partial charge in [-0.15, -0.1) is 10.2 Å². The average molecular weight is 452 g/mol. The fourth-order valence-corrected chi connectivity index (χ4v) is 4.55. The van der Waals surface area contributed by atoms with Gasteiger partial charge in [0.1, 0.15) is 5.75 Å². The minimum Gasteiger partial charge on any atom is -0.497 e. The van der Waals surface area contributed by atoms with Crippen LogP contribution in [0.3, 0.4) is 0 Å². The molecule has 1 aliphatic rings. The summed E-state index contributed by atoms with van der Waals surface area (Å²) in [6.45, 7) is 2.96. The van der Waals surface area contributed by atoms with Crippen LogP contribution < -0.4 is 9.64 Å². The topological polar surface area (TPSA) is 63.0 Å². The minimum absolute atomic E-state index is 0.0780. The van der Waals surface area contributed by atoms with Crippen molar-refractivity contribution in [2.45, 2.75) is 5.16 Å². The van der Waals surface area contributed by atoms with Crippen LogP contribution in [0.4, 0.5) is 5.69 Å². The van der Waals surface area contributed by atoms with Crippen molar-refractivity contribution in [3.63, 3.8) is 0 Å². The van der Waals surface area contributed by atoms with E-state index < -0.39 is 0 Å². The van der Waals surface area contributed by atoms with Crippen molar-refractivity contribution in [3.05, 3.63) is 46.6 Å². The molecule has 29 heavy (non-hydrogen) atoms. The van der Waals surface area contributed by atoms with E-state index in [4.69, 9.17) is 27.9 Å². The van der Waals surface area contributed by atoms with Crippen LogP contribution in [0.2, 0.25) is 10.0 Å². The third-order valence-electron chi connectivity index (χ3n) is 4.79. The van der Waals surface area contributed by atoms with Gasteiger partial charge in [-0.2, -0.15) is 0 Å². The Hall–Kier alpha value is -2.16. The first-order valence-electron chi connectivity index (χ1n) is 9.04. The number of carbonyl (C=O) groups is 1. The van der Waals surface area contributed by atoms with Crippen molar-refractivity contribution in [2.24, 2.45) is 0 Å². The van der Waals surface area contributed by atoms with Gasteiger partial charge in [-0.25, -0.2) is 0 Å². The van der Waals surface area contributed by atoms with Gasteiger partial charge < -0.3 is 14.5 Å². The maximum atomic E-state index is 12.7. The summed E-state index contributed by atoms with van der Waals surface area (Å²) in [6, 6.07) is 9.60. The number of hydrogen-bond donors (Lipinski definition) is 0. The average Bonchev–Trinajstić information content (AvgIpc) is 3.15. The molecule has 0 radical (unpaired) electrons. The van der Waals surface area contributed by atoms with E-state index in [1.807, 2.05) is 29.2 Å². The van der Waals surface area contributed by atoms with Crippen molar-refractivity contribution in [3.8, 4) is 5.75 Å². The number of hydrogen-bond acceptors (Lipinski definition) is 6. The number of anilines is 1. The SMILES string of the molecule is COc1ccc(N2CCN(C(=O)CSc3nnc4c(Cl)cc(Cl)cn34)CC2)cc1. The highest BCUT2D eigenvalue weighted by atomic mass is 35.5. The maximum absolute atomic E-state index is 12.7. The zero-order chi connectivity index (χ0) is 20.4. The summed E-state index contributed by atoms with van der Waals surface area (Å²) in [7, 11) is 1.66. The number of ether oxygens (including phenoxy) is 1. The zero-order valence-corrected chi connectivity index (χ0v) is 18.0. The fraction of sp³-hybridized carbons (Fsp3) is 0.316. The highest BCUT2D eigenvalue weighted by Gasteiger charge is 2.22. The molecule has 3 aromatic rings. The van der Waals surface area contributed by atoms with E-state index in [1.165, 1.54) is 11.8 Å². The number of amides is 1. The Morgan fingerprint density at radius 3 is 2.55 bits per heavy atom. The van der Waals surface area contributed by atoms with E-state index in [0.29, 0.717) is 33.9 Å². The van der Waals surface area contributed by atoms with Crippen LogP contribution in [0.15, 0.2) is 41.7 Å². The van der Waals surface area contributed by atoms with E-state index >= 15 is 0 Å². The molecule has 4 rings (SSSR count). The second-order valence-corrected chi connectivity index (χ2v) is 8.32. The van der Waals surface area contributed by atoms with Gasteiger partial charge in [-0.05, 0) is 30.3 Å². The predicted molar refractivity (Wildman–Crippen MR) is 116 cm³/mol. The summed E-state index contributed by atoms with van der Waals surface area (Å²) in [6.07, 6.45) is 1.70. The van der Waals surface area contributed by atoms with Crippen molar-refractivity contribution in [2.75, 3.05) is 43.9 Å². The summed E-state index contributed by atoms with van der Waals surface area (Å²) in [5.41, 5.74) is 1.66. The third kappa shape index (κ3) is 4.39. The highest BCUT2D eigenvalue weighted by Crippen LogP contribution is 2.26. The lowest BCUT2D eigenvalue weighted by Crippen LogP contribution is -2.49. The molecule has 1 fully saturated rings. The van der Waals surface area contributed by atoms with Gasteiger partial charge >= 0.3 is 0 Å². The molecule has 0 unspecified atom stereocenters. The molecule has 0 N–H and O–H groups in total. The lowest BCUT2D eigenvalue weighted by atomic mass is 10.2. The van der Waals surface area contributed by atoms with Gasteiger partial charge in [-0.3, -0.25) is 9.20 Å². The summed E-state index contributed by atoms with van der Waals surface area (Å²) in [5, 5.41) is 9.70. The van der Waals surface area contributed by atoms with E-state index in [0.717, 1.165) is 24.5 Å². The maximum Gasteiger partial charge on any atom is 0.233 e. The number of thioether (sulfide) groups is 1. The second kappa shape index (κ2) is 8.69. The molecule has 152 valence electrons. The van der Waals surface area contributed by atoms with Gasteiger partial charge in [0.15, 0.2) is 10.8 Å². The number of aromatic nitrogens is 3. The molecular weight excluding hydrogens is 433 g/mol. The number of piperazine rings is 1. The van der Waals surface area contributed by atoms with Gasteiger partial charge in [0.2, 0.25) is 5.91 Å². The van der Waals surface area contributed by atoms with E-state index in [-0.39, 0.29) is 11.7 Å². The van der Waals surface area contributed by atoms with Crippen LogP contribution in [-0.4, -0.2) is 64.4 Å². The number of benzene rings is 1. The number of rotatable bonds is 5. The molecule has 7 nitrogen and oxygen atoms in total. The zero-order valence-electron chi connectivity index (χ0n) is 15.7. The Labute approximate surface area is 182 Å². The molecule has 0 aliphatic carbocycles. The van der Waals surface area contributed by atoms with Crippen LogP contribution in [-0.2, 0) is 4.79 Å². The van der Waals surface area contributed by atoms with Crippen LogP contribution in [0.1, 0.15) is 0 Å². The summed E-state index contributed by atoms with van der Waals surface area (Å²) in [5.74, 6) is 1.20. The Bertz CT molecular complexity index is 1020. The molecule has 10 heteroatoms. The molecular formula is C19H19Cl2N5O2S. The standard InChI is InChI=1S/C19H19Cl2N5O2S/c1-28-15-4-2-14(3-5-15)24-6-8-25(9-7-24)17(27)12-29-19-23-22-18-16(21)10-13(20)11-26(18)19/h2-5,10-11H,6-9,12H2,1H3. The van der Waals surface area contributed by atoms with Crippen LogP contribution >= 0.6 is 35.0 Å². The van der Waals surface area contributed by atoms with Gasteiger partial charge in [0.05, 0.1) is 22.9 Å². The van der Waals surface area contributed by atoms with E-state index in [9.17, 15) is 4.79 Å². The first-order valence-corrected chi connectivity index (χ1v) is 10.8. The summed E-state index contributed by atoms with van der Waals surface area (Å²) in [4.78, 5) is 16.8. The molecule has 0 saturated carbocycles. The Balaban J connectivity index is 1.33. The fourth-order valence-electron chi connectivity index (χ4n) is 3.23. The smallest absolute Gasteiger partial charge is 0.233 e. The van der Waals surface area contributed by atoms with Crippen LogP contribution in [0.5, 0.6) is 5.75 Å². The molecule has 1 aromatic carbocycles. The molecule has 1 aliphatic heterocycles. The molecule has 2 aromatic heterocycles. The van der Waals surface area contributed by atoms with E-state index in [2.05, 4.69) is 15.1 Å².